The Hall–Kier alpha value is -3.41. The van der Waals surface area contributed by atoms with Crippen LogP contribution < -0.4 is 4.90 Å². The van der Waals surface area contributed by atoms with E-state index in [2.05, 4.69) is 5.10 Å². The number of nitrogens with zero attached hydrogens (tertiary/aromatic N) is 3. The number of amides is 1. The number of hydrogen-bond donors (Lipinski definition) is 0. The number of para-hydroxylation sites is 2. The van der Waals surface area contributed by atoms with E-state index in [0.29, 0.717) is 11.6 Å². The number of benzene rings is 2. The highest BCUT2D eigenvalue weighted by molar-refractivity contribution is 5.98. The summed E-state index contributed by atoms with van der Waals surface area (Å²) in [4.78, 5) is 27.1. The molecule has 1 atom stereocenters. The minimum absolute atomic E-state index is 0.294. The lowest BCUT2D eigenvalue weighted by molar-refractivity contribution is -0.126. The van der Waals surface area contributed by atoms with Crippen LogP contribution in [0.5, 0.6) is 0 Å². The van der Waals surface area contributed by atoms with Crippen molar-refractivity contribution in [1.82, 2.24) is 9.78 Å². The average Bonchev–Trinajstić information content (AvgIpc) is 3.52. The van der Waals surface area contributed by atoms with E-state index in [1.807, 2.05) is 60.7 Å². The van der Waals surface area contributed by atoms with Crippen molar-refractivity contribution >= 4 is 17.6 Å². The molecule has 0 radical (unpaired) electrons. The number of ether oxygens (including phenoxy) is 1. The number of carbonyl (C=O) groups is 2. The zero-order valence-corrected chi connectivity index (χ0v) is 16.5. The van der Waals surface area contributed by atoms with Gasteiger partial charge in [0.2, 0.25) is 0 Å². The second-order valence-electron chi connectivity index (χ2n) is 7.26. The van der Waals surface area contributed by atoms with Gasteiger partial charge in [-0.2, -0.15) is 5.10 Å². The zero-order valence-electron chi connectivity index (χ0n) is 16.5. The Balaban J connectivity index is 1.54. The lowest BCUT2D eigenvalue weighted by atomic mass is 10.2. The van der Waals surface area contributed by atoms with Crippen LogP contribution >= 0.6 is 0 Å². The van der Waals surface area contributed by atoms with E-state index >= 15 is 0 Å². The Morgan fingerprint density at radius 3 is 2.31 bits per heavy atom. The van der Waals surface area contributed by atoms with Gasteiger partial charge in [-0.15, -0.1) is 0 Å². The molecule has 2 aromatic carbocycles. The van der Waals surface area contributed by atoms with Gasteiger partial charge in [0.25, 0.3) is 5.91 Å². The first-order valence-electron chi connectivity index (χ1n) is 9.73. The summed E-state index contributed by atoms with van der Waals surface area (Å²) in [7, 11) is 1.67. The lowest BCUT2D eigenvalue weighted by Crippen LogP contribution is -2.37. The molecule has 0 unspecified atom stereocenters. The number of esters is 1. The molecule has 0 aliphatic heterocycles. The van der Waals surface area contributed by atoms with Crippen molar-refractivity contribution in [2.45, 2.75) is 31.8 Å². The molecule has 6 nitrogen and oxygen atoms in total. The van der Waals surface area contributed by atoms with Gasteiger partial charge in [0.15, 0.2) is 11.8 Å². The number of hydrogen-bond acceptors (Lipinski definition) is 4. The number of likely N-dealkylation sites (N-methyl/N-ethyl adjacent to an activating group) is 1. The summed E-state index contributed by atoms with van der Waals surface area (Å²) in [6.07, 6.45) is 1.24. The highest BCUT2D eigenvalue weighted by atomic mass is 16.5. The van der Waals surface area contributed by atoms with E-state index in [4.69, 9.17) is 4.74 Å². The fourth-order valence-corrected chi connectivity index (χ4v) is 3.21. The first-order valence-corrected chi connectivity index (χ1v) is 9.73. The summed E-state index contributed by atoms with van der Waals surface area (Å²) >= 11 is 0. The van der Waals surface area contributed by atoms with Gasteiger partial charge < -0.3 is 9.64 Å². The molecule has 1 saturated carbocycles. The molecule has 1 amide bonds. The topological polar surface area (TPSA) is 64.4 Å². The molecule has 6 heteroatoms. The van der Waals surface area contributed by atoms with Gasteiger partial charge in [-0.1, -0.05) is 36.4 Å². The molecule has 4 rings (SSSR count). The Kier molecular flexibility index (Phi) is 5.16. The van der Waals surface area contributed by atoms with Crippen LogP contribution in [0.15, 0.2) is 66.7 Å². The smallest absolute Gasteiger partial charge is 0.357 e. The zero-order chi connectivity index (χ0) is 20.4. The van der Waals surface area contributed by atoms with Gasteiger partial charge in [0, 0.05) is 18.7 Å². The first-order chi connectivity index (χ1) is 14.0. The maximum atomic E-state index is 12.9. The molecule has 29 heavy (non-hydrogen) atoms. The third kappa shape index (κ3) is 4.06. The maximum absolute atomic E-state index is 12.9. The van der Waals surface area contributed by atoms with Crippen LogP contribution in [0.2, 0.25) is 0 Å². The van der Waals surface area contributed by atoms with Crippen molar-refractivity contribution in [3.05, 3.63) is 78.1 Å². The van der Waals surface area contributed by atoms with Crippen molar-refractivity contribution in [3.8, 4) is 5.69 Å². The summed E-state index contributed by atoms with van der Waals surface area (Å²) in [5.74, 6) is -0.455. The van der Waals surface area contributed by atoms with Crippen LogP contribution in [-0.2, 0) is 9.53 Å². The van der Waals surface area contributed by atoms with Crippen molar-refractivity contribution in [2.75, 3.05) is 11.9 Å². The SMILES string of the molecule is C[C@@H](OC(=O)c1cc(C2CC2)nn1-c1ccccc1)C(=O)N(C)c1ccccc1. The molecule has 1 aromatic heterocycles. The molecule has 1 heterocycles. The van der Waals surface area contributed by atoms with E-state index in [9.17, 15) is 9.59 Å². The summed E-state index contributed by atoms with van der Waals surface area (Å²) in [6, 6.07) is 20.5. The summed E-state index contributed by atoms with van der Waals surface area (Å²) in [5.41, 5.74) is 2.75. The molecule has 0 saturated heterocycles. The summed E-state index contributed by atoms with van der Waals surface area (Å²) < 4.78 is 7.13. The maximum Gasteiger partial charge on any atom is 0.357 e. The minimum Gasteiger partial charge on any atom is -0.448 e. The van der Waals surface area contributed by atoms with Crippen LogP contribution in [0, 0.1) is 0 Å². The van der Waals surface area contributed by atoms with Crippen LogP contribution in [0.1, 0.15) is 41.9 Å². The van der Waals surface area contributed by atoms with Gasteiger partial charge in [0.05, 0.1) is 11.4 Å². The molecule has 1 fully saturated rings. The van der Waals surface area contributed by atoms with Gasteiger partial charge in [-0.25, -0.2) is 9.48 Å². The Labute approximate surface area is 169 Å². The average molecular weight is 389 g/mol. The Morgan fingerprint density at radius 2 is 1.69 bits per heavy atom. The Bertz CT molecular complexity index is 1010. The van der Waals surface area contributed by atoms with Crippen LogP contribution in [0.25, 0.3) is 5.69 Å². The monoisotopic (exact) mass is 389 g/mol. The predicted molar refractivity (Wildman–Crippen MR) is 110 cm³/mol. The summed E-state index contributed by atoms with van der Waals surface area (Å²) in [5, 5.41) is 4.62. The van der Waals surface area contributed by atoms with E-state index in [1.165, 1.54) is 4.90 Å². The molecule has 1 aliphatic rings. The van der Waals surface area contributed by atoms with Crippen molar-refractivity contribution in [3.63, 3.8) is 0 Å². The van der Waals surface area contributed by atoms with Crippen molar-refractivity contribution in [1.29, 1.82) is 0 Å². The van der Waals surface area contributed by atoms with Gasteiger partial charge in [-0.3, -0.25) is 4.79 Å². The molecular weight excluding hydrogens is 366 g/mol. The second kappa shape index (κ2) is 7.91. The van der Waals surface area contributed by atoms with E-state index < -0.39 is 12.1 Å². The predicted octanol–water partition coefficient (Wildman–Crippen LogP) is 3.96. The molecule has 0 N–H and O–H groups in total. The highest BCUT2D eigenvalue weighted by Crippen LogP contribution is 2.39. The van der Waals surface area contributed by atoms with E-state index in [0.717, 1.165) is 29.9 Å². The molecule has 1 aliphatic carbocycles. The fourth-order valence-electron chi connectivity index (χ4n) is 3.21. The van der Waals surface area contributed by atoms with Crippen LogP contribution in [0.4, 0.5) is 5.69 Å². The molecule has 0 bridgehead atoms. The molecular formula is C23H23N3O3. The number of rotatable bonds is 6. The van der Waals surface area contributed by atoms with Crippen molar-refractivity contribution < 1.29 is 14.3 Å². The van der Waals surface area contributed by atoms with Crippen molar-refractivity contribution in [2.24, 2.45) is 0 Å². The number of anilines is 1. The standard InChI is InChI=1S/C23H23N3O3/c1-16(22(27)25(2)18-9-5-3-6-10-18)29-23(28)21-15-20(17-13-14-17)24-26(21)19-11-7-4-8-12-19/h3-12,15-17H,13-14H2,1-2H3/t16-/m1/s1. The largest absolute Gasteiger partial charge is 0.448 e. The molecule has 0 spiro atoms. The highest BCUT2D eigenvalue weighted by Gasteiger charge is 2.31. The Morgan fingerprint density at radius 1 is 1.07 bits per heavy atom. The van der Waals surface area contributed by atoms with Crippen LogP contribution in [0.3, 0.4) is 0 Å². The first kappa shape index (κ1) is 18.9. The second-order valence-corrected chi connectivity index (χ2v) is 7.26. The minimum atomic E-state index is -0.920. The van der Waals surface area contributed by atoms with Gasteiger partial charge >= 0.3 is 5.97 Å². The number of aromatic nitrogens is 2. The lowest BCUT2D eigenvalue weighted by Gasteiger charge is -2.21. The van der Waals surface area contributed by atoms with E-state index in [1.54, 1.807) is 24.7 Å². The quantitative estimate of drug-likeness (QED) is 0.599. The molecule has 148 valence electrons. The normalized spacial score (nSPS) is 14.3. The van der Waals surface area contributed by atoms with Gasteiger partial charge in [0.1, 0.15) is 0 Å². The molecule has 3 aromatic rings. The summed E-state index contributed by atoms with van der Waals surface area (Å²) in [6.45, 7) is 1.59. The third-order valence-electron chi connectivity index (χ3n) is 5.04. The fraction of sp³-hybridized carbons (Fsp3) is 0.261. The van der Waals surface area contributed by atoms with Gasteiger partial charge in [-0.05, 0) is 50.1 Å². The third-order valence-corrected chi connectivity index (χ3v) is 5.04. The van der Waals surface area contributed by atoms with E-state index in [-0.39, 0.29) is 5.91 Å². The number of carbonyl (C=O) groups excluding carboxylic acids is 2. The van der Waals surface area contributed by atoms with Crippen LogP contribution in [-0.4, -0.2) is 34.8 Å².